The van der Waals surface area contributed by atoms with Crippen molar-refractivity contribution in [2.45, 2.75) is 24.6 Å². The second kappa shape index (κ2) is 3.70. The van der Waals surface area contributed by atoms with Crippen LogP contribution in [0.25, 0.3) is 0 Å². The maximum Gasteiger partial charge on any atom is 0.243 e. The highest BCUT2D eigenvalue weighted by atomic mass is 32.2. The Hall–Kier alpha value is -0.510. The molecule has 0 unspecified atom stereocenters. The molecule has 13 heavy (non-hydrogen) atoms. The van der Waals surface area contributed by atoms with Gasteiger partial charge >= 0.3 is 0 Å². The summed E-state index contributed by atoms with van der Waals surface area (Å²) in [6.45, 7) is 0. The van der Waals surface area contributed by atoms with Gasteiger partial charge in [-0.1, -0.05) is 0 Å². The fourth-order valence-corrected chi connectivity index (χ4v) is 1.34. The molecule has 0 amide bonds. The van der Waals surface area contributed by atoms with Gasteiger partial charge in [0.2, 0.25) is 15.3 Å². The molecule has 1 rings (SSSR count). The van der Waals surface area contributed by atoms with E-state index in [1.54, 1.807) is 0 Å². The van der Waals surface area contributed by atoms with Crippen LogP contribution in [0, 0.1) is 0 Å². The highest BCUT2D eigenvalue weighted by molar-refractivity contribution is 7.72. The normalized spacial score (nSPS) is 39.1. The summed E-state index contributed by atoms with van der Waals surface area (Å²) >= 11 is 0. The molecule has 0 aromatic carbocycles. The molecule has 0 aromatic rings. The Morgan fingerprint density at radius 1 is 1.15 bits per heavy atom. The molecule has 4 N–H and O–H groups in total. The minimum absolute atomic E-state index is 1.15. The van der Waals surface area contributed by atoms with Crippen molar-refractivity contribution >= 4 is 15.3 Å². The van der Waals surface area contributed by atoms with Crippen molar-refractivity contribution in [3.8, 4) is 0 Å². The number of hydrogen-bond acceptors (Lipinski definition) is 6. The van der Waals surface area contributed by atoms with E-state index < -0.39 is 39.9 Å². The lowest BCUT2D eigenvalue weighted by molar-refractivity contribution is -0.119. The zero-order valence-electron chi connectivity index (χ0n) is 6.23. The molecule has 1 aliphatic heterocycles. The summed E-state index contributed by atoms with van der Waals surface area (Å²) in [5.74, 6) is 0. The van der Waals surface area contributed by atoms with Crippen molar-refractivity contribution in [1.29, 1.82) is 0 Å². The van der Waals surface area contributed by atoms with Crippen LogP contribution in [0.3, 0.4) is 0 Å². The van der Waals surface area contributed by atoms with Gasteiger partial charge in [-0.3, -0.25) is 0 Å². The van der Waals surface area contributed by atoms with Crippen LogP contribution < -0.4 is 0 Å². The molecule has 1 fully saturated rings. The van der Waals surface area contributed by atoms with Gasteiger partial charge in [0.15, 0.2) is 12.4 Å². The monoisotopic (exact) mass is 212 g/mol. The second-order valence-corrected chi connectivity index (χ2v) is 3.39. The van der Waals surface area contributed by atoms with Crippen molar-refractivity contribution in [3.63, 3.8) is 0 Å². The summed E-state index contributed by atoms with van der Waals surface area (Å²) in [7, 11) is -2.94. The molecule has 4 atom stereocenters. The largest absolute Gasteiger partial charge is 0.387 e. The summed E-state index contributed by atoms with van der Waals surface area (Å²) in [6, 6.07) is 0. The highest BCUT2D eigenvalue weighted by Gasteiger charge is 2.44. The minimum Gasteiger partial charge on any atom is -0.387 e. The summed E-state index contributed by atoms with van der Waals surface area (Å²) in [4.78, 5) is 0. The molecule has 0 aliphatic carbocycles. The molecular formula is C5H8O7S. The summed E-state index contributed by atoms with van der Waals surface area (Å²) in [5, 5.41) is 34.5. The molecule has 1 saturated heterocycles. The first-order valence-electron chi connectivity index (χ1n) is 3.30. The van der Waals surface area contributed by atoms with E-state index in [0.717, 1.165) is 0 Å². The van der Waals surface area contributed by atoms with Gasteiger partial charge in [-0.15, -0.1) is 0 Å². The van der Waals surface area contributed by atoms with Crippen molar-refractivity contribution in [3.05, 3.63) is 0 Å². The van der Waals surface area contributed by atoms with Crippen LogP contribution in [0.1, 0.15) is 0 Å². The van der Waals surface area contributed by atoms with Gasteiger partial charge in [0.25, 0.3) is 0 Å². The van der Waals surface area contributed by atoms with E-state index in [1.165, 1.54) is 0 Å². The number of hydrogen-bond donors (Lipinski definition) is 4. The van der Waals surface area contributed by atoms with Crippen molar-refractivity contribution in [2.24, 2.45) is 0 Å². The Kier molecular flexibility index (Phi) is 3.01. The smallest absolute Gasteiger partial charge is 0.243 e. The van der Waals surface area contributed by atoms with Gasteiger partial charge in [-0.05, 0) is 0 Å². The van der Waals surface area contributed by atoms with E-state index in [0.29, 0.717) is 0 Å². The molecule has 0 radical (unpaired) electrons. The lowest BCUT2D eigenvalue weighted by atomic mass is 10.1. The van der Waals surface area contributed by atoms with Crippen LogP contribution in [0.15, 0.2) is 0 Å². The predicted molar refractivity (Wildman–Crippen MR) is 39.4 cm³/mol. The molecule has 0 spiro atoms. The Morgan fingerprint density at radius 2 is 1.69 bits per heavy atom. The minimum atomic E-state index is -2.94. The van der Waals surface area contributed by atoms with E-state index >= 15 is 0 Å². The van der Waals surface area contributed by atoms with Gasteiger partial charge in [0.1, 0.15) is 12.2 Å². The second-order valence-electron chi connectivity index (χ2n) is 2.50. The first kappa shape index (κ1) is 10.6. The number of ether oxygens (including phenoxy) is 1. The molecule has 0 saturated carbocycles. The number of rotatable bonds is 1. The third-order valence-corrected chi connectivity index (χ3v) is 2.23. The summed E-state index contributed by atoms with van der Waals surface area (Å²) in [5.41, 5.74) is 0. The molecule has 76 valence electrons. The van der Waals surface area contributed by atoms with Crippen molar-refractivity contribution < 1.29 is 33.6 Å². The molecular weight excluding hydrogens is 204 g/mol. The molecule has 1 heterocycles. The SMILES string of the molecule is O=S(=O)=C(O)[C@@H]1O[C@@H](O)[C@@H](O)[C@H]1O. The number of aliphatic hydroxyl groups excluding tert-OH is 4. The zero-order valence-corrected chi connectivity index (χ0v) is 7.05. The maximum atomic E-state index is 10.2. The fourth-order valence-electron chi connectivity index (χ4n) is 0.958. The Balaban J connectivity index is 2.93. The van der Waals surface area contributed by atoms with E-state index in [2.05, 4.69) is 4.74 Å². The van der Waals surface area contributed by atoms with Crippen LogP contribution in [-0.2, 0) is 15.0 Å². The van der Waals surface area contributed by atoms with Gasteiger partial charge in [0, 0.05) is 0 Å². The first-order chi connectivity index (χ1) is 5.95. The Labute approximate surface area is 74.3 Å². The van der Waals surface area contributed by atoms with Gasteiger partial charge in [-0.25, -0.2) is 0 Å². The maximum absolute atomic E-state index is 10.2. The Bertz CT molecular complexity index is 312. The first-order valence-corrected chi connectivity index (χ1v) is 4.37. The lowest BCUT2D eigenvalue weighted by Crippen LogP contribution is -2.36. The summed E-state index contributed by atoms with van der Waals surface area (Å²) < 4.78 is 24.8. The third-order valence-electron chi connectivity index (χ3n) is 1.65. The average molecular weight is 212 g/mol. The lowest BCUT2D eigenvalue weighted by Gasteiger charge is -2.09. The molecule has 0 aromatic heterocycles. The third kappa shape index (κ3) is 1.88. The van der Waals surface area contributed by atoms with Crippen LogP contribution in [0.5, 0.6) is 0 Å². The van der Waals surface area contributed by atoms with E-state index in [9.17, 15) is 8.42 Å². The van der Waals surface area contributed by atoms with Crippen LogP contribution in [0.4, 0.5) is 0 Å². The highest BCUT2D eigenvalue weighted by Crippen LogP contribution is 2.19. The average Bonchev–Trinajstić information content (AvgIpc) is 2.31. The molecule has 1 aliphatic rings. The standard InChI is InChI=1S/C5H8O7S/c6-1-2(7)4(8)12-3(1)5(9)13(10)11/h1-4,6-9H/t1-,2+,3-,4-/m1/s1. The quantitative estimate of drug-likeness (QED) is 0.341. The van der Waals surface area contributed by atoms with Gasteiger partial charge in [0.05, 0.1) is 0 Å². The topological polar surface area (TPSA) is 124 Å². The summed E-state index contributed by atoms with van der Waals surface area (Å²) in [6.07, 6.45) is -6.60. The zero-order chi connectivity index (χ0) is 10.2. The van der Waals surface area contributed by atoms with Gasteiger partial charge < -0.3 is 25.2 Å². The van der Waals surface area contributed by atoms with Crippen LogP contribution in [0.2, 0.25) is 0 Å². The van der Waals surface area contributed by atoms with E-state index in [4.69, 9.17) is 20.4 Å². The molecule has 7 nitrogen and oxygen atoms in total. The van der Waals surface area contributed by atoms with E-state index in [-0.39, 0.29) is 0 Å². The van der Waals surface area contributed by atoms with Gasteiger partial charge in [-0.2, -0.15) is 8.42 Å². The molecule has 0 bridgehead atoms. The van der Waals surface area contributed by atoms with Crippen molar-refractivity contribution in [1.82, 2.24) is 0 Å². The molecule has 8 heteroatoms. The predicted octanol–water partition coefficient (Wildman–Crippen LogP) is -3.01. The van der Waals surface area contributed by atoms with Crippen LogP contribution in [-0.4, -0.2) is 58.5 Å². The Morgan fingerprint density at radius 3 is 2.00 bits per heavy atom. The van der Waals surface area contributed by atoms with Crippen LogP contribution >= 0.6 is 0 Å². The fraction of sp³-hybridized carbons (Fsp3) is 0.800. The number of aliphatic hydroxyl groups is 4. The van der Waals surface area contributed by atoms with Crippen molar-refractivity contribution in [2.75, 3.05) is 0 Å². The van der Waals surface area contributed by atoms with E-state index in [1.807, 2.05) is 0 Å².